The van der Waals surface area contributed by atoms with Gasteiger partial charge in [-0.3, -0.25) is 9.59 Å². The Morgan fingerprint density at radius 1 is 1.19 bits per heavy atom. The lowest BCUT2D eigenvalue weighted by atomic mass is 9.76. The monoisotopic (exact) mass is 366 g/mol. The van der Waals surface area contributed by atoms with Gasteiger partial charge in [0.25, 0.3) is 11.8 Å². The number of aliphatic hydroxyl groups is 1. The highest BCUT2D eigenvalue weighted by Crippen LogP contribution is 2.45. The number of benzene rings is 2. The molecule has 2 aromatic carbocycles. The molecule has 140 valence electrons. The molecule has 1 aliphatic heterocycles. The van der Waals surface area contributed by atoms with Crippen molar-refractivity contribution >= 4 is 11.8 Å². The van der Waals surface area contributed by atoms with Crippen molar-refractivity contribution in [2.45, 2.75) is 24.3 Å². The SMILES string of the molecule is CNC(=O)c1cc(C(=O)NC2CC2)cc2c1OCC2(CO)c1ccccc1. The van der Waals surface area contributed by atoms with Crippen LogP contribution in [0, 0.1) is 0 Å². The Labute approximate surface area is 157 Å². The molecule has 1 aliphatic carbocycles. The van der Waals surface area contributed by atoms with E-state index < -0.39 is 5.41 Å². The van der Waals surface area contributed by atoms with E-state index in [9.17, 15) is 14.7 Å². The number of ether oxygens (including phenoxy) is 1. The van der Waals surface area contributed by atoms with E-state index in [1.165, 1.54) is 7.05 Å². The molecule has 2 amide bonds. The zero-order valence-electron chi connectivity index (χ0n) is 15.1. The molecule has 4 rings (SSSR count). The maximum absolute atomic E-state index is 12.6. The Balaban J connectivity index is 1.87. The third-order valence-corrected chi connectivity index (χ3v) is 5.31. The van der Waals surface area contributed by atoms with Gasteiger partial charge in [0.2, 0.25) is 0 Å². The Bertz CT molecular complexity index is 893. The first-order chi connectivity index (χ1) is 13.1. The van der Waals surface area contributed by atoms with Gasteiger partial charge in [0.05, 0.1) is 17.6 Å². The normalized spacial score (nSPS) is 20.5. The summed E-state index contributed by atoms with van der Waals surface area (Å²) >= 11 is 0. The van der Waals surface area contributed by atoms with Crippen LogP contribution in [-0.4, -0.2) is 43.2 Å². The fourth-order valence-electron chi connectivity index (χ4n) is 3.56. The molecule has 3 N–H and O–H groups in total. The molecule has 0 radical (unpaired) electrons. The van der Waals surface area contributed by atoms with E-state index in [-0.39, 0.29) is 31.1 Å². The fraction of sp³-hybridized carbons (Fsp3) is 0.333. The number of nitrogens with one attached hydrogen (secondary N) is 2. The summed E-state index contributed by atoms with van der Waals surface area (Å²) in [5.74, 6) is -0.110. The van der Waals surface area contributed by atoms with Gasteiger partial charge < -0.3 is 20.5 Å². The predicted molar refractivity (Wildman–Crippen MR) is 100 cm³/mol. The Kier molecular flexibility index (Phi) is 4.36. The van der Waals surface area contributed by atoms with Crippen molar-refractivity contribution < 1.29 is 19.4 Å². The van der Waals surface area contributed by atoms with Crippen molar-refractivity contribution in [2.75, 3.05) is 20.3 Å². The largest absolute Gasteiger partial charge is 0.491 e. The summed E-state index contributed by atoms with van der Waals surface area (Å²) in [4.78, 5) is 25.1. The molecule has 2 aliphatic rings. The molecule has 1 unspecified atom stereocenters. The van der Waals surface area contributed by atoms with E-state index in [1.807, 2.05) is 30.3 Å². The number of carbonyl (C=O) groups excluding carboxylic acids is 2. The van der Waals surface area contributed by atoms with E-state index in [1.54, 1.807) is 12.1 Å². The molecule has 0 bridgehead atoms. The van der Waals surface area contributed by atoms with Crippen LogP contribution in [-0.2, 0) is 5.41 Å². The molecule has 6 heteroatoms. The van der Waals surface area contributed by atoms with Gasteiger partial charge in [0, 0.05) is 24.2 Å². The summed E-state index contributed by atoms with van der Waals surface area (Å²) in [6.45, 7) is 0.0193. The van der Waals surface area contributed by atoms with E-state index in [2.05, 4.69) is 10.6 Å². The highest BCUT2D eigenvalue weighted by atomic mass is 16.5. The lowest BCUT2D eigenvalue weighted by molar-refractivity contribution is 0.0950. The Morgan fingerprint density at radius 2 is 1.93 bits per heavy atom. The molecule has 1 fully saturated rings. The summed E-state index contributed by atoms with van der Waals surface area (Å²) in [5.41, 5.74) is 1.45. The fourth-order valence-corrected chi connectivity index (χ4v) is 3.56. The molecule has 0 saturated heterocycles. The van der Waals surface area contributed by atoms with Crippen LogP contribution in [0.15, 0.2) is 42.5 Å². The van der Waals surface area contributed by atoms with E-state index in [0.29, 0.717) is 22.4 Å². The second kappa shape index (κ2) is 6.70. The molecule has 1 atom stereocenters. The number of hydrogen-bond acceptors (Lipinski definition) is 4. The average molecular weight is 366 g/mol. The third kappa shape index (κ3) is 2.96. The van der Waals surface area contributed by atoms with E-state index >= 15 is 0 Å². The molecule has 27 heavy (non-hydrogen) atoms. The average Bonchev–Trinajstić information content (AvgIpc) is 3.44. The van der Waals surface area contributed by atoms with E-state index in [4.69, 9.17) is 4.74 Å². The highest BCUT2D eigenvalue weighted by Gasteiger charge is 2.44. The number of aliphatic hydroxyl groups excluding tert-OH is 1. The smallest absolute Gasteiger partial charge is 0.254 e. The first-order valence-corrected chi connectivity index (χ1v) is 9.09. The number of carbonyl (C=O) groups is 2. The second-order valence-corrected chi connectivity index (χ2v) is 7.12. The van der Waals surface area contributed by atoms with Gasteiger partial charge in [-0.15, -0.1) is 0 Å². The van der Waals surface area contributed by atoms with Gasteiger partial charge in [0.1, 0.15) is 12.4 Å². The van der Waals surface area contributed by atoms with Crippen LogP contribution in [0.5, 0.6) is 5.75 Å². The molecule has 1 heterocycles. The summed E-state index contributed by atoms with van der Waals surface area (Å²) in [5, 5.41) is 15.9. The van der Waals surface area contributed by atoms with Gasteiger partial charge in [0.15, 0.2) is 0 Å². The quantitative estimate of drug-likeness (QED) is 0.750. The van der Waals surface area contributed by atoms with Crippen LogP contribution < -0.4 is 15.4 Å². The first kappa shape index (κ1) is 17.5. The minimum Gasteiger partial charge on any atom is -0.491 e. The minimum atomic E-state index is -0.810. The van der Waals surface area contributed by atoms with Gasteiger partial charge in [-0.05, 0) is 30.5 Å². The minimum absolute atomic E-state index is 0.190. The predicted octanol–water partition coefficient (Wildman–Crippen LogP) is 1.61. The topological polar surface area (TPSA) is 87.7 Å². The summed E-state index contributed by atoms with van der Waals surface area (Å²) in [6.07, 6.45) is 1.96. The third-order valence-electron chi connectivity index (χ3n) is 5.31. The molecule has 6 nitrogen and oxygen atoms in total. The Hall–Kier alpha value is -2.86. The molecule has 1 saturated carbocycles. The van der Waals surface area contributed by atoms with Crippen LogP contribution in [0.2, 0.25) is 0 Å². The molecule has 0 aromatic heterocycles. The molecule has 2 aromatic rings. The maximum Gasteiger partial charge on any atom is 0.254 e. The van der Waals surface area contributed by atoms with Crippen molar-refractivity contribution in [3.05, 3.63) is 64.7 Å². The van der Waals surface area contributed by atoms with Crippen molar-refractivity contribution in [1.82, 2.24) is 10.6 Å². The zero-order chi connectivity index (χ0) is 19.0. The van der Waals surface area contributed by atoms with Crippen LogP contribution in [0.3, 0.4) is 0 Å². The molecule has 0 spiro atoms. The van der Waals surface area contributed by atoms with Crippen molar-refractivity contribution in [3.63, 3.8) is 0 Å². The lowest BCUT2D eigenvalue weighted by Crippen LogP contribution is -2.34. The highest BCUT2D eigenvalue weighted by molar-refractivity contribution is 6.02. The van der Waals surface area contributed by atoms with Gasteiger partial charge >= 0.3 is 0 Å². The number of fused-ring (bicyclic) bond motifs is 1. The van der Waals surface area contributed by atoms with Crippen molar-refractivity contribution in [3.8, 4) is 5.75 Å². The number of rotatable bonds is 5. The zero-order valence-corrected chi connectivity index (χ0v) is 15.1. The molecular formula is C21H22N2O4. The first-order valence-electron chi connectivity index (χ1n) is 9.09. The standard InChI is InChI=1S/C21H22N2O4/c1-22-20(26)16-9-13(19(25)23-15-7-8-15)10-17-18(16)27-12-21(17,11-24)14-5-3-2-4-6-14/h2-6,9-10,15,24H,7-8,11-12H2,1H3,(H,22,26)(H,23,25). The van der Waals surface area contributed by atoms with Crippen LogP contribution >= 0.6 is 0 Å². The maximum atomic E-state index is 12.6. The van der Waals surface area contributed by atoms with Crippen LogP contribution in [0.4, 0.5) is 0 Å². The van der Waals surface area contributed by atoms with E-state index in [0.717, 1.165) is 18.4 Å². The summed E-state index contributed by atoms with van der Waals surface area (Å²) < 4.78 is 5.89. The van der Waals surface area contributed by atoms with Gasteiger partial charge in [-0.2, -0.15) is 0 Å². The Morgan fingerprint density at radius 3 is 2.56 bits per heavy atom. The van der Waals surface area contributed by atoms with Crippen molar-refractivity contribution in [1.29, 1.82) is 0 Å². The summed E-state index contributed by atoms with van der Waals surface area (Å²) in [6, 6.07) is 13.1. The number of hydrogen-bond donors (Lipinski definition) is 3. The second-order valence-electron chi connectivity index (χ2n) is 7.12. The van der Waals surface area contributed by atoms with Gasteiger partial charge in [-0.25, -0.2) is 0 Å². The van der Waals surface area contributed by atoms with Crippen molar-refractivity contribution in [2.24, 2.45) is 0 Å². The lowest BCUT2D eigenvalue weighted by Gasteiger charge is -2.26. The van der Waals surface area contributed by atoms with Crippen LogP contribution in [0.1, 0.15) is 44.7 Å². The number of amides is 2. The van der Waals surface area contributed by atoms with Gasteiger partial charge in [-0.1, -0.05) is 30.3 Å². The molecular weight excluding hydrogens is 344 g/mol. The summed E-state index contributed by atoms with van der Waals surface area (Å²) in [7, 11) is 1.54. The van der Waals surface area contributed by atoms with Crippen LogP contribution in [0.25, 0.3) is 0 Å².